The Balaban J connectivity index is 1.67. The van der Waals surface area contributed by atoms with Crippen LogP contribution in [-0.2, 0) is 4.74 Å². The molecule has 1 aliphatic rings. The van der Waals surface area contributed by atoms with Gasteiger partial charge in [0.1, 0.15) is 11.6 Å². The predicted octanol–water partition coefficient (Wildman–Crippen LogP) is 3.34. The lowest BCUT2D eigenvalue weighted by atomic mass is 10.00. The molecular formula is C14H15F3N4O2. The van der Waals surface area contributed by atoms with Crippen molar-refractivity contribution in [3.8, 4) is 5.75 Å². The first kappa shape index (κ1) is 15.6. The fourth-order valence-electron chi connectivity index (χ4n) is 2.38. The maximum Gasteiger partial charge on any atom is 0.573 e. The second-order valence-corrected chi connectivity index (χ2v) is 5.13. The van der Waals surface area contributed by atoms with E-state index in [4.69, 9.17) is 4.74 Å². The van der Waals surface area contributed by atoms with Crippen LogP contribution in [0.4, 0.5) is 24.8 Å². The molecule has 1 aliphatic heterocycles. The van der Waals surface area contributed by atoms with Crippen LogP contribution in [0.2, 0.25) is 0 Å². The third kappa shape index (κ3) is 4.35. The van der Waals surface area contributed by atoms with Gasteiger partial charge in [0, 0.05) is 30.9 Å². The molecule has 2 aromatic rings. The van der Waals surface area contributed by atoms with E-state index < -0.39 is 6.36 Å². The number of benzene rings is 1. The fourth-order valence-corrected chi connectivity index (χ4v) is 2.38. The first-order valence-electron chi connectivity index (χ1n) is 7.12. The second-order valence-electron chi connectivity index (χ2n) is 5.13. The summed E-state index contributed by atoms with van der Waals surface area (Å²) in [4.78, 5) is 4.34. The van der Waals surface area contributed by atoms with Crippen LogP contribution >= 0.6 is 0 Å². The molecule has 3 rings (SSSR count). The Hall–Kier alpha value is -2.29. The molecule has 6 nitrogen and oxygen atoms in total. The number of hydrogen-bond donors (Lipinski definition) is 2. The van der Waals surface area contributed by atoms with Gasteiger partial charge in [0.25, 0.3) is 0 Å². The van der Waals surface area contributed by atoms with Gasteiger partial charge >= 0.3 is 6.36 Å². The summed E-state index contributed by atoms with van der Waals surface area (Å²) in [6, 6.07) is 5.52. The number of H-pyrrole nitrogens is 1. The van der Waals surface area contributed by atoms with E-state index in [0.717, 1.165) is 18.7 Å². The lowest BCUT2D eigenvalue weighted by Crippen LogP contribution is -2.17. The van der Waals surface area contributed by atoms with Crippen LogP contribution in [0.15, 0.2) is 24.3 Å². The van der Waals surface area contributed by atoms with Crippen molar-refractivity contribution in [3.63, 3.8) is 0 Å². The third-order valence-electron chi connectivity index (χ3n) is 3.43. The molecule has 23 heavy (non-hydrogen) atoms. The Morgan fingerprint density at radius 3 is 2.78 bits per heavy atom. The lowest BCUT2D eigenvalue weighted by Gasteiger charge is -2.19. The molecule has 124 valence electrons. The molecule has 0 radical (unpaired) electrons. The number of alkyl halides is 3. The number of anilines is 2. The number of nitrogens with zero attached hydrogens (tertiary/aromatic N) is 2. The van der Waals surface area contributed by atoms with Gasteiger partial charge in [-0.3, -0.25) is 5.10 Å². The molecule has 0 amide bonds. The van der Waals surface area contributed by atoms with Crippen LogP contribution in [0.3, 0.4) is 0 Å². The summed E-state index contributed by atoms with van der Waals surface area (Å²) in [5.74, 6) is 1.00. The molecule has 1 aromatic carbocycles. The topological polar surface area (TPSA) is 72.1 Å². The smallest absolute Gasteiger partial charge is 0.406 e. The van der Waals surface area contributed by atoms with Crippen LogP contribution in [0, 0.1) is 0 Å². The molecule has 0 atom stereocenters. The van der Waals surface area contributed by atoms with Gasteiger partial charge in [-0.1, -0.05) is 6.07 Å². The number of aromatic nitrogens is 3. The largest absolute Gasteiger partial charge is 0.573 e. The summed E-state index contributed by atoms with van der Waals surface area (Å²) in [6.45, 7) is 1.37. The van der Waals surface area contributed by atoms with Gasteiger partial charge in [-0.15, -0.1) is 18.3 Å². The normalized spacial score (nSPS) is 16.3. The Morgan fingerprint density at radius 1 is 1.26 bits per heavy atom. The molecule has 2 heterocycles. The summed E-state index contributed by atoms with van der Waals surface area (Å²) >= 11 is 0. The first-order valence-corrected chi connectivity index (χ1v) is 7.12. The van der Waals surface area contributed by atoms with Crippen LogP contribution < -0.4 is 10.1 Å². The first-order chi connectivity index (χ1) is 11.0. The SMILES string of the molecule is FC(F)(F)Oc1cccc(Nc2n[nH]c(C3CCOCC3)n2)c1. The van der Waals surface area contributed by atoms with Crippen molar-refractivity contribution in [2.45, 2.75) is 25.1 Å². The fraction of sp³-hybridized carbons (Fsp3) is 0.429. The quantitative estimate of drug-likeness (QED) is 0.900. The molecular weight excluding hydrogens is 313 g/mol. The van der Waals surface area contributed by atoms with Crippen molar-refractivity contribution in [2.24, 2.45) is 0 Å². The molecule has 0 bridgehead atoms. The monoisotopic (exact) mass is 328 g/mol. The van der Waals surface area contributed by atoms with Crippen LogP contribution in [0.25, 0.3) is 0 Å². The maximum atomic E-state index is 12.2. The van der Waals surface area contributed by atoms with E-state index in [1.807, 2.05) is 0 Å². The number of aromatic amines is 1. The number of nitrogens with one attached hydrogen (secondary N) is 2. The average Bonchev–Trinajstić information content (AvgIpc) is 2.95. The molecule has 0 unspecified atom stereocenters. The van der Waals surface area contributed by atoms with Crippen molar-refractivity contribution >= 4 is 11.6 Å². The van der Waals surface area contributed by atoms with Crippen LogP contribution in [-0.4, -0.2) is 34.8 Å². The van der Waals surface area contributed by atoms with Gasteiger partial charge in [0.15, 0.2) is 0 Å². The highest BCUT2D eigenvalue weighted by atomic mass is 19.4. The van der Waals surface area contributed by atoms with Crippen molar-refractivity contribution in [1.29, 1.82) is 0 Å². The van der Waals surface area contributed by atoms with E-state index >= 15 is 0 Å². The third-order valence-corrected chi connectivity index (χ3v) is 3.43. The van der Waals surface area contributed by atoms with Gasteiger partial charge in [-0.2, -0.15) is 4.98 Å². The maximum absolute atomic E-state index is 12.2. The van der Waals surface area contributed by atoms with Crippen LogP contribution in [0.5, 0.6) is 5.75 Å². The van der Waals surface area contributed by atoms with E-state index in [2.05, 4.69) is 25.2 Å². The van der Waals surface area contributed by atoms with Crippen molar-refractivity contribution < 1.29 is 22.6 Å². The number of halogens is 3. The zero-order chi connectivity index (χ0) is 16.3. The lowest BCUT2D eigenvalue weighted by molar-refractivity contribution is -0.274. The van der Waals surface area contributed by atoms with E-state index in [-0.39, 0.29) is 11.7 Å². The number of rotatable bonds is 4. The Labute approximate surface area is 130 Å². The van der Waals surface area contributed by atoms with E-state index in [9.17, 15) is 13.2 Å². The van der Waals surface area contributed by atoms with Gasteiger partial charge in [-0.05, 0) is 25.0 Å². The van der Waals surface area contributed by atoms with E-state index in [1.165, 1.54) is 18.2 Å². The molecule has 0 aliphatic carbocycles. The molecule has 1 fully saturated rings. The number of hydrogen-bond acceptors (Lipinski definition) is 5. The highest BCUT2D eigenvalue weighted by Gasteiger charge is 2.31. The summed E-state index contributed by atoms with van der Waals surface area (Å²) in [5, 5.41) is 9.76. The minimum atomic E-state index is -4.72. The van der Waals surface area contributed by atoms with E-state index in [1.54, 1.807) is 6.07 Å². The van der Waals surface area contributed by atoms with Gasteiger partial charge < -0.3 is 14.8 Å². The van der Waals surface area contributed by atoms with E-state index in [0.29, 0.717) is 24.8 Å². The Kier molecular flexibility index (Phi) is 4.37. The summed E-state index contributed by atoms with van der Waals surface area (Å²) < 4.78 is 45.9. The van der Waals surface area contributed by atoms with Gasteiger partial charge in [0.2, 0.25) is 5.95 Å². The summed E-state index contributed by atoms with van der Waals surface area (Å²) in [5.41, 5.74) is 0.407. The number of ether oxygens (including phenoxy) is 2. The Morgan fingerprint density at radius 2 is 2.04 bits per heavy atom. The standard InChI is InChI=1S/C14H15F3N4O2/c15-14(16,17)23-11-3-1-2-10(8-11)18-13-19-12(20-21-13)9-4-6-22-7-5-9/h1-3,8-9H,4-7H2,(H2,18,19,20,21). The van der Waals surface area contributed by atoms with Crippen molar-refractivity contribution in [1.82, 2.24) is 15.2 Å². The minimum Gasteiger partial charge on any atom is -0.406 e. The zero-order valence-corrected chi connectivity index (χ0v) is 12.1. The zero-order valence-electron chi connectivity index (χ0n) is 12.1. The predicted molar refractivity (Wildman–Crippen MR) is 75.6 cm³/mol. The van der Waals surface area contributed by atoms with Gasteiger partial charge in [-0.25, -0.2) is 0 Å². The molecule has 0 spiro atoms. The average molecular weight is 328 g/mol. The second kappa shape index (κ2) is 6.45. The minimum absolute atomic E-state index is 0.256. The molecule has 2 N–H and O–H groups in total. The highest BCUT2D eigenvalue weighted by molar-refractivity contribution is 5.55. The molecule has 1 aromatic heterocycles. The molecule has 1 saturated heterocycles. The molecule has 0 saturated carbocycles. The summed E-state index contributed by atoms with van der Waals surface area (Å²) in [6.07, 6.45) is -2.99. The molecule has 9 heteroatoms. The summed E-state index contributed by atoms with van der Waals surface area (Å²) in [7, 11) is 0. The Bertz CT molecular complexity index is 653. The van der Waals surface area contributed by atoms with Crippen molar-refractivity contribution in [2.75, 3.05) is 18.5 Å². The van der Waals surface area contributed by atoms with Crippen LogP contribution in [0.1, 0.15) is 24.6 Å². The van der Waals surface area contributed by atoms with Gasteiger partial charge in [0.05, 0.1) is 0 Å². The van der Waals surface area contributed by atoms with Crippen molar-refractivity contribution in [3.05, 3.63) is 30.1 Å². The highest BCUT2D eigenvalue weighted by Crippen LogP contribution is 2.27.